The highest BCUT2D eigenvalue weighted by atomic mass is 32.2. The van der Waals surface area contributed by atoms with Crippen LogP contribution in [0.15, 0.2) is 77.7 Å². The van der Waals surface area contributed by atoms with Gasteiger partial charge in [0.1, 0.15) is 10.6 Å². The van der Waals surface area contributed by atoms with Crippen LogP contribution in [0.2, 0.25) is 0 Å². The molecule has 0 radical (unpaired) electrons. The Kier molecular flexibility index (Phi) is 8.75. The number of benzene rings is 3. The maximum absolute atomic E-state index is 13.1. The molecule has 0 aromatic heterocycles. The molecule has 0 bridgehead atoms. The van der Waals surface area contributed by atoms with E-state index in [4.69, 9.17) is 8.92 Å². The lowest BCUT2D eigenvalue weighted by Crippen LogP contribution is -2.33. The van der Waals surface area contributed by atoms with E-state index in [9.17, 15) is 26.4 Å². The van der Waals surface area contributed by atoms with Gasteiger partial charge in [-0.05, 0) is 60.0 Å². The van der Waals surface area contributed by atoms with Gasteiger partial charge in [-0.3, -0.25) is 4.79 Å². The zero-order valence-electron chi connectivity index (χ0n) is 19.8. The first kappa shape index (κ1) is 27.2. The fourth-order valence-electron chi connectivity index (χ4n) is 3.39. The summed E-state index contributed by atoms with van der Waals surface area (Å²) in [7, 11) is -2.94. The molecule has 3 rings (SSSR count). The summed E-state index contributed by atoms with van der Waals surface area (Å²) in [4.78, 5) is 14.1. The fraction of sp³-hybridized carbons (Fsp3) is 0.269. The number of methoxy groups -OCH3 is 1. The number of hydrogen-bond donors (Lipinski definition) is 0. The molecule has 0 spiro atoms. The van der Waals surface area contributed by atoms with Crippen LogP contribution in [0, 0.1) is 0 Å². The van der Waals surface area contributed by atoms with E-state index in [1.165, 1.54) is 19.2 Å². The van der Waals surface area contributed by atoms with Gasteiger partial charge in [0, 0.05) is 25.8 Å². The topological polar surface area (TPSA) is 72.9 Å². The van der Waals surface area contributed by atoms with Crippen LogP contribution in [0.1, 0.15) is 34.0 Å². The van der Waals surface area contributed by atoms with Gasteiger partial charge in [-0.1, -0.05) is 37.3 Å². The second-order valence-corrected chi connectivity index (χ2v) is 9.52. The van der Waals surface area contributed by atoms with Crippen LogP contribution in [0.3, 0.4) is 0 Å². The quantitative estimate of drug-likeness (QED) is 0.338. The Hall–Kier alpha value is -3.37. The highest BCUT2D eigenvalue weighted by Gasteiger charge is 2.32. The van der Waals surface area contributed by atoms with Gasteiger partial charge in [0.2, 0.25) is 0 Å². The van der Waals surface area contributed by atoms with E-state index in [2.05, 4.69) is 0 Å². The Morgan fingerprint density at radius 3 is 2.17 bits per heavy atom. The molecule has 0 atom stereocenters. The molecule has 36 heavy (non-hydrogen) atoms. The molecule has 0 aliphatic carbocycles. The van der Waals surface area contributed by atoms with Gasteiger partial charge >= 0.3 is 16.3 Å². The average Bonchev–Trinajstić information content (AvgIpc) is 2.86. The van der Waals surface area contributed by atoms with Gasteiger partial charge in [0.25, 0.3) is 5.91 Å². The lowest BCUT2D eigenvalue weighted by molar-refractivity contribution is -0.137. The van der Waals surface area contributed by atoms with Crippen molar-refractivity contribution in [2.45, 2.75) is 31.0 Å². The summed E-state index contributed by atoms with van der Waals surface area (Å²) in [5, 5.41) is 0. The van der Waals surface area contributed by atoms with Crippen LogP contribution in [0.25, 0.3) is 0 Å². The van der Waals surface area contributed by atoms with Gasteiger partial charge in [0.15, 0.2) is 0 Å². The third-order valence-corrected chi connectivity index (χ3v) is 6.66. The molecular formula is C26H26F3NO5S. The van der Waals surface area contributed by atoms with Crippen molar-refractivity contribution in [1.29, 1.82) is 0 Å². The van der Waals surface area contributed by atoms with Gasteiger partial charge in [0.05, 0.1) is 12.2 Å². The Morgan fingerprint density at radius 2 is 1.58 bits per heavy atom. The monoisotopic (exact) mass is 521 g/mol. The number of ether oxygens (including phenoxy) is 1. The highest BCUT2D eigenvalue weighted by Crippen LogP contribution is 2.31. The van der Waals surface area contributed by atoms with Gasteiger partial charge in [-0.25, -0.2) is 0 Å². The second kappa shape index (κ2) is 11.6. The molecule has 6 nitrogen and oxygen atoms in total. The Bertz CT molecular complexity index is 1270. The number of nitrogens with zero attached hydrogens (tertiary/aromatic N) is 1. The standard InChI is InChI=1S/C26H26F3NO5S/c1-3-19-7-11-21(12-8-19)25(31)30(15-16-34-2)18-20-9-13-23(14-10-20)35-36(32,33)24-6-4-5-22(17-24)26(27,28)29/h4-14,17H,3,15-16,18H2,1-2H3. The number of amides is 1. The molecular weight excluding hydrogens is 495 g/mol. The van der Waals surface area contributed by atoms with Gasteiger partial charge in [-0.15, -0.1) is 0 Å². The Morgan fingerprint density at radius 1 is 0.944 bits per heavy atom. The van der Waals surface area contributed by atoms with Crippen molar-refractivity contribution >= 4 is 16.0 Å². The van der Waals surface area contributed by atoms with Crippen LogP contribution in [-0.2, 0) is 34.0 Å². The lowest BCUT2D eigenvalue weighted by atomic mass is 10.1. The third kappa shape index (κ3) is 7.08. The molecule has 0 heterocycles. The number of hydrogen-bond acceptors (Lipinski definition) is 5. The number of aryl methyl sites for hydroxylation is 1. The first-order valence-electron chi connectivity index (χ1n) is 11.1. The molecule has 0 N–H and O–H groups in total. The third-order valence-electron chi connectivity index (χ3n) is 5.41. The minimum absolute atomic E-state index is 0.0684. The Balaban J connectivity index is 1.74. The maximum Gasteiger partial charge on any atom is 0.416 e. The lowest BCUT2D eigenvalue weighted by Gasteiger charge is -2.23. The predicted molar refractivity (Wildman–Crippen MR) is 128 cm³/mol. The summed E-state index contributed by atoms with van der Waals surface area (Å²) < 4.78 is 74.0. The average molecular weight is 522 g/mol. The number of carbonyl (C=O) groups excluding carboxylic acids is 1. The number of rotatable bonds is 10. The molecule has 10 heteroatoms. The summed E-state index contributed by atoms with van der Waals surface area (Å²) >= 11 is 0. The predicted octanol–water partition coefficient (Wildman–Crippen LogP) is 5.32. The van der Waals surface area contributed by atoms with E-state index in [0.717, 1.165) is 30.2 Å². The van der Waals surface area contributed by atoms with Gasteiger partial charge < -0.3 is 13.8 Å². The summed E-state index contributed by atoms with van der Waals surface area (Å²) in [6, 6.07) is 16.6. The van der Waals surface area contributed by atoms with Crippen molar-refractivity contribution in [3.8, 4) is 5.75 Å². The van der Waals surface area contributed by atoms with Crippen molar-refractivity contribution in [3.05, 3.63) is 95.1 Å². The molecule has 0 saturated carbocycles. The largest absolute Gasteiger partial charge is 0.416 e. The molecule has 0 aliphatic rings. The van der Waals surface area contributed by atoms with Crippen molar-refractivity contribution in [3.63, 3.8) is 0 Å². The smallest absolute Gasteiger partial charge is 0.383 e. The minimum Gasteiger partial charge on any atom is -0.383 e. The van der Waals surface area contributed by atoms with Crippen LogP contribution in [-0.4, -0.2) is 39.5 Å². The number of halogens is 3. The first-order chi connectivity index (χ1) is 17.0. The van der Waals surface area contributed by atoms with Crippen LogP contribution >= 0.6 is 0 Å². The molecule has 0 fully saturated rings. The molecule has 1 amide bonds. The molecule has 192 valence electrons. The fourth-order valence-corrected chi connectivity index (χ4v) is 4.37. The van der Waals surface area contributed by atoms with Gasteiger partial charge in [-0.2, -0.15) is 21.6 Å². The second-order valence-electron chi connectivity index (χ2n) is 7.98. The number of alkyl halides is 3. The van der Waals surface area contributed by atoms with E-state index in [1.807, 2.05) is 19.1 Å². The molecule has 0 saturated heterocycles. The molecule has 0 unspecified atom stereocenters. The van der Waals surface area contributed by atoms with Crippen LogP contribution in [0.4, 0.5) is 13.2 Å². The van der Waals surface area contributed by atoms with Crippen molar-refractivity contribution in [2.75, 3.05) is 20.3 Å². The SMILES string of the molecule is CCc1ccc(C(=O)N(CCOC)Cc2ccc(OS(=O)(=O)c3cccc(C(F)(F)F)c3)cc2)cc1. The summed E-state index contributed by atoms with van der Waals surface area (Å²) in [6.07, 6.45) is -3.82. The summed E-state index contributed by atoms with van der Waals surface area (Å²) in [5.41, 5.74) is 1.27. The number of carbonyl (C=O) groups is 1. The first-order valence-corrected chi connectivity index (χ1v) is 12.5. The molecule has 3 aromatic rings. The van der Waals surface area contributed by atoms with E-state index >= 15 is 0 Å². The van der Waals surface area contributed by atoms with Crippen molar-refractivity contribution < 1.29 is 35.3 Å². The van der Waals surface area contributed by atoms with Crippen LogP contribution < -0.4 is 4.18 Å². The highest BCUT2D eigenvalue weighted by molar-refractivity contribution is 7.87. The summed E-state index contributed by atoms with van der Waals surface area (Å²) in [6.45, 7) is 2.93. The van der Waals surface area contributed by atoms with E-state index in [1.54, 1.807) is 29.2 Å². The zero-order chi connectivity index (χ0) is 26.3. The molecule has 0 aliphatic heterocycles. The normalized spacial score (nSPS) is 11.8. The van der Waals surface area contributed by atoms with E-state index < -0.39 is 26.8 Å². The zero-order valence-corrected chi connectivity index (χ0v) is 20.6. The van der Waals surface area contributed by atoms with E-state index in [-0.39, 0.29) is 18.2 Å². The minimum atomic E-state index is -4.68. The Labute approximate surface area is 208 Å². The maximum atomic E-state index is 13.1. The summed E-state index contributed by atoms with van der Waals surface area (Å²) in [5.74, 6) is -0.247. The van der Waals surface area contributed by atoms with Crippen LogP contribution in [0.5, 0.6) is 5.75 Å². The van der Waals surface area contributed by atoms with Crippen molar-refractivity contribution in [1.82, 2.24) is 4.90 Å². The van der Waals surface area contributed by atoms with Crippen molar-refractivity contribution in [2.24, 2.45) is 0 Å². The molecule has 3 aromatic carbocycles. The van der Waals surface area contributed by atoms with E-state index in [0.29, 0.717) is 30.3 Å².